The summed E-state index contributed by atoms with van der Waals surface area (Å²) in [5.41, 5.74) is 1.81. The van der Waals surface area contributed by atoms with Gasteiger partial charge in [-0.05, 0) is 24.7 Å². The summed E-state index contributed by atoms with van der Waals surface area (Å²) in [6.07, 6.45) is -0.572. The van der Waals surface area contributed by atoms with Crippen LogP contribution in [-0.2, 0) is 11.3 Å². The minimum Gasteiger partial charge on any atom is -0.496 e. The fraction of sp³-hybridized carbons (Fsp3) is 0.500. The minimum atomic E-state index is -0.572. The third-order valence-corrected chi connectivity index (χ3v) is 2.36. The maximum absolute atomic E-state index is 9.94. The Kier molecular flexibility index (Phi) is 5.25. The zero-order chi connectivity index (χ0) is 12.0. The largest absolute Gasteiger partial charge is 0.496 e. The van der Waals surface area contributed by atoms with E-state index in [0.29, 0.717) is 18.9 Å². The van der Waals surface area contributed by atoms with E-state index < -0.39 is 6.10 Å². The molecule has 16 heavy (non-hydrogen) atoms. The second-order valence-corrected chi connectivity index (χ2v) is 3.58. The monoisotopic (exact) mass is 225 g/mol. The first-order valence-electron chi connectivity index (χ1n) is 5.21. The van der Waals surface area contributed by atoms with Gasteiger partial charge < -0.3 is 19.9 Å². The smallest absolute Gasteiger partial charge is 0.124 e. The molecule has 0 aliphatic heterocycles. The molecule has 1 aromatic carbocycles. The SMILES string of the molecule is CNCC(O)c1cc(COC)ccc1OC. The van der Waals surface area contributed by atoms with E-state index in [4.69, 9.17) is 9.47 Å². The Balaban J connectivity index is 2.96. The maximum Gasteiger partial charge on any atom is 0.124 e. The van der Waals surface area contributed by atoms with Crippen LogP contribution >= 0.6 is 0 Å². The van der Waals surface area contributed by atoms with Gasteiger partial charge in [-0.3, -0.25) is 0 Å². The van der Waals surface area contributed by atoms with Crippen molar-refractivity contribution in [2.45, 2.75) is 12.7 Å². The number of hydrogen-bond acceptors (Lipinski definition) is 4. The fourth-order valence-electron chi connectivity index (χ4n) is 1.60. The molecule has 2 N–H and O–H groups in total. The summed E-state index contributed by atoms with van der Waals surface area (Å²) < 4.78 is 10.3. The topological polar surface area (TPSA) is 50.7 Å². The summed E-state index contributed by atoms with van der Waals surface area (Å²) >= 11 is 0. The number of nitrogens with one attached hydrogen (secondary N) is 1. The van der Waals surface area contributed by atoms with Crippen molar-refractivity contribution in [3.8, 4) is 5.75 Å². The van der Waals surface area contributed by atoms with Gasteiger partial charge >= 0.3 is 0 Å². The minimum absolute atomic E-state index is 0.493. The Morgan fingerprint density at radius 3 is 2.69 bits per heavy atom. The molecule has 0 amide bonds. The van der Waals surface area contributed by atoms with E-state index in [0.717, 1.165) is 11.1 Å². The Bertz CT molecular complexity index is 328. The third-order valence-electron chi connectivity index (χ3n) is 2.36. The number of benzene rings is 1. The van der Waals surface area contributed by atoms with E-state index in [1.807, 2.05) is 18.2 Å². The van der Waals surface area contributed by atoms with Crippen LogP contribution in [0.4, 0.5) is 0 Å². The van der Waals surface area contributed by atoms with E-state index in [-0.39, 0.29) is 0 Å². The van der Waals surface area contributed by atoms with E-state index in [1.54, 1.807) is 21.3 Å². The molecule has 0 aromatic heterocycles. The van der Waals surface area contributed by atoms with Gasteiger partial charge in [-0.2, -0.15) is 0 Å². The lowest BCUT2D eigenvalue weighted by Crippen LogP contribution is -2.17. The second kappa shape index (κ2) is 6.48. The zero-order valence-corrected chi connectivity index (χ0v) is 9.99. The van der Waals surface area contributed by atoms with Crippen molar-refractivity contribution >= 4 is 0 Å². The predicted octanol–water partition coefficient (Wildman–Crippen LogP) is 1.09. The van der Waals surface area contributed by atoms with Crippen molar-refractivity contribution in [3.05, 3.63) is 29.3 Å². The van der Waals surface area contributed by atoms with Crippen molar-refractivity contribution in [1.29, 1.82) is 0 Å². The number of aliphatic hydroxyl groups excluding tert-OH is 1. The van der Waals surface area contributed by atoms with Crippen LogP contribution in [0.3, 0.4) is 0 Å². The standard InChI is InChI=1S/C12H19NO3/c1-13-7-11(14)10-6-9(8-15-2)4-5-12(10)16-3/h4-6,11,13-14H,7-8H2,1-3H3. The molecule has 0 aliphatic carbocycles. The van der Waals surface area contributed by atoms with E-state index in [9.17, 15) is 5.11 Å². The molecular weight excluding hydrogens is 206 g/mol. The molecule has 4 nitrogen and oxygen atoms in total. The summed E-state index contributed by atoms with van der Waals surface area (Å²) in [5, 5.41) is 12.9. The number of ether oxygens (including phenoxy) is 2. The van der Waals surface area contributed by atoms with Gasteiger partial charge in [0.2, 0.25) is 0 Å². The van der Waals surface area contributed by atoms with Crippen molar-refractivity contribution in [1.82, 2.24) is 5.32 Å². The second-order valence-electron chi connectivity index (χ2n) is 3.58. The summed E-state index contributed by atoms with van der Waals surface area (Å²) in [7, 11) is 5.05. The highest BCUT2D eigenvalue weighted by Crippen LogP contribution is 2.26. The number of aliphatic hydroxyl groups is 1. The predicted molar refractivity (Wildman–Crippen MR) is 62.6 cm³/mol. The summed E-state index contributed by atoms with van der Waals surface area (Å²) in [4.78, 5) is 0. The molecule has 0 aliphatic rings. The highest BCUT2D eigenvalue weighted by atomic mass is 16.5. The van der Waals surface area contributed by atoms with Gasteiger partial charge in [0.25, 0.3) is 0 Å². The summed E-state index contributed by atoms with van der Waals surface area (Å²) in [5.74, 6) is 0.697. The molecule has 0 saturated carbocycles. The van der Waals surface area contributed by atoms with Gasteiger partial charge in [-0.1, -0.05) is 6.07 Å². The Morgan fingerprint density at radius 1 is 1.38 bits per heavy atom. The van der Waals surface area contributed by atoms with Crippen molar-refractivity contribution < 1.29 is 14.6 Å². The molecule has 0 spiro atoms. The molecule has 1 unspecified atom stereocenters. The van der Waals surface area contributed by atoms with Crippen LogP contribution in [0.5, 0.6) is 5.75 Å². The van der Waals surface area contributed by atoms with E-state index in [2.05, 4.69) is 5.32 Å². The van der Waals surface area contributed by atoms with Crippen LogP contribution in [-0.4, -0.2) is 32.9 Å². The van der Waals surface area contributed by atoms with Gasteiger partial charge in [0, 0.05) is 19.2 Å². The van der Waals surface area contributed by atoms with Crippen molar-refractivity contribution in [3.63, 3.8) is 0 Å². The molecule has 1 rings (SSSR count). The van der Waals surface area contributed by atoms with Gasteiger partial charge in [0.05, 0.1) is 19.8 Å². The molecule has 0 heterocycles. The van der Waals surface area contributed by atoms with E-state index >= 15 is 0 Å². The highest BCUT2D eigenvalue weighted by Gasteiger charge is 2.13. The Hall–Kier alpha value is -1.10. The Labute approximate surface area is 96.2 Å². The molecule has 1 atom stereocenters. The molecule has 1 aromatic rings. The lowest BCUT2D eigenvalue weighted by atomic mass is 10.0. The molecule has 0 radical (unpaired) electrons. The normalized spacial score (nSPS) is 12.5. The van der Waals surface area contributed by atoms with Crippen LogP contribution in [0, 0.1) is 0 Å². The van der Waals surface area contributed by atoms with Crippen LogP contribution in [0.15, 0.2) is 18.2 Å². The number of rotatable bonds is 6. The van der Waals surface area contributed by atoms with Gasteiger partial charge in [-0.15, -0.1) is 0 Å². The molecular formula is C12H19NO3. The first-order valence-corrected chi connectivity index (χ1v) is 5.21. The molecule has 0 bridgehead atoms. The number of methoxy groups -OCH3 is 2. The van der Waals surface area contributed by atoms with Crippen LogP contribution < -0.4 is 10.1 Å². The maximum atomic E-state index is 9.94. The fourth-order valence-corrected chi connectivity index (χ4v) is 1.60. The zero-order valence-electron chi connectivity index (χ0n) is 9.99. The van der Waals surface area contributed by atoms with Gasteiger partial charge in [-0.25, -0.2) is 0 Å². The molecule has 0 saturated heterocycles. The summed E-state index contributed by atoms with van der Waals surface area (Å²) in [6, 6.07) is 5.69. The Morgan fingerprint density at radius 2 is 2.12 bits per heavy atom. The van der Waals surface area contributed by atoms with E-state index in [1.165, 1.54) is 0 Å². The quantitative estimate of drug-likeness (QED) is 0.761. The van der Waals surface area contributed by atoms with Crippen LogP contribution in [0.1, 0.15) is 17.2 Å². The van der Waals surface area contributed by atoms with Crippen molar-refractivity contribution in [2.75, 3.05) is 27.8 Å². The molecule has 90 valence electrons. The van der Waals surface area contributed by atoms with Crippen LogP contribution in [0.2, 0.25) is 0 Å². The highest BCUT2D eigenvalue weighted by molar-refractivity contribution is 5.38. The average molecular weight is 225 g/mol. The lowest BCUT2D eigenvalue weighted by Gasteiger charge is -2.15. The summed E-state index contributed by atoms with van der Waals surface area (Å²) in [6.45, 7) is 1.02. The average Bonchev–Trinajstić information content (AvgIpc) is 2.30. The van der Waals surface area contributed by atoms with Crippen LogP contribution in [0.25, 0.3) is 0 Å². The number of likely N-dealkylation sites (N-methyl/N-ethyl adjacent to an activating group) is 1. The number of hydrogen-bond donors (Lipinski definition) is 2. The lowest BCUT2D eigenvalue weighted by molar-refractivity contribution is 0.170. The third kappa shape index (κ3) is 3.20. The first-order chi connectivity index (χ1) is 7.72. The molecule has 4 heteroatoms. The molecule has 0 fully saturated rings. The van der Waals surface area contributed by atoms with Crippen molar-refractivity contribution in [2.24, 2.45) is 0 Å². The van der Waals surface area contributed by atoms with Gasteiger partial charge in [0.1, 0.15) is 5.75 Å². The van der Waals surface area contributed by atoms with Gasteiger partial charge in [0.15, 0.2) is 0 Å². The first kappa shape index (κ1) is 13.0.